The van der Waals surface area contributed by atoms with Crippen LogP contribution in [0.5, 0.6) is 0 Å². The number of rotatable bonds is 7. The number of hydrogen-bond acceptors (Lipinski definition) is 4. The van der Waals surface area contributed by atoms with Crippen LogP contribution < -0.4 is 11.1 Å². The fourth-order valence-electron chi connectivity index (χ4n) is 2.24. The van der Waals surface area contributed by atoms with Gasteiger partial charge >= 0.3 is 0 Å². The second-order valence-electron chi connectivity index (χ2n) is 4.18. The Balaban J connectivity index is 2.07. The monoisotopic (exact) mass is 216 g/mol. The lowest BCUT2D eigenvalue weighted by atomic mass is 9.84. The molecule has 0 aliphatic heterocycles. The third-order valence-corrected chi connectivity index (χ3v) is 3.10. The van der Waals surface area contributed by atoms with Gasteiger partial charge in [0.15, 0.2) is 0 Å². The second kappa shape index (κ2) is 8.05. The Morgan fingerprint density at radius 1 is 1.27 bits per heavy atom. The van der Waals surface area contributed by atoms with Crippen LogP contribution in [0.15, 0.2) is 0 Å². The lowest BCUT2D eigenvalue weighted by molar-refractivity contribution is 0.0901. The highest BCUT2D eigenvalue weighted by molar-refractivity contribution is 4.81. The number of nitrogens with two attached hydrogens (primary N) is 1. The molecule has 1 aliphatic carbocycles. The Kier molecular flexibility index (Phi) is 6.92. The number of ether oxygens (including phenoxy) is 1. The summed E-state index contributed by atoms with van der Waals surface area (Å²) in [5.41, 5.74) is 5.74. The fourth-order valence-corrected chi connectivity index (χ4v) is 2.24. The molecule has 15 heavy (non-hydrogen) atoms. The van der Waals surface area contributed by atoms with E-state index in [0.29, 0.717) is 25.2 Å². The van der Waals surface area contributed by atoms with Crippen LogP contribution >= 0.6 is 0 Å². The molecular formula is C11H24N2O2. The molecule has 90 valence electrons. The average molecular weight is 216 g/mol. The zero-order chi connectivity index (χ0) is 10.9. The summed E-state index contributed by atoms with van der Waals surface area (Å²) in [5, 5.41) is 12.0. The zero-order valence-electron chi connectivity index (χ0n) is 9.45. The standard InChI is InChI=1S/C11H24N2O2/c12-9-10-3-1-2-4-11(10)13-5-7-15-8-6-14/h10-11,13-14H,1-9,12H2. The van der Waals surface area contributed by atoms with Gasteiger partial charge in [-0.15, -0.1) is 0 Å². The summed E-state index contributed by atoms with van der Waals surface area (Å²) < 4.78 is 5.20. The van der Waals surface area contributed by atoms with Crippen molar-refractivity contribution in [2.45, 2.75) is 31.7 Å². The van der Waals surface area contributed by atoms with E-state index < -0.39 is 0 Å². The molecule has 0 radical (unpaired) electrons. The van der Waals surface area contributed by atoms with Crippen LogP contribution in [0.4, 0.5) is 0 Å². The van der Waals surface area contributed by atoms with E-state index in [1.54, 1.807) is 0 Å². The van der Waals surface area contributed by atoms with Crippen LogP contribution in [-0.2, 0) is 4.74 Å². The van der Waals surface area contributed by atoms with Gasteiger partial charge in [-0.05, 0) is 25.3 Å². The molecule has 0 spiro atoms. The number of hydrogen-bond donors (Lipinski definition) is 3. The van der Waals surface area contributed by atoms with Crippen molar-refractivity contribution in [3.8, 4) is 0 Å². The van der Waals surface area contributed by atoms with Crippen molar-refractivity contribution >= 4 is 0 Å². The molecule has 0 aromatic heterocycles. The van der Waals surface area contributed by atoms with Gasteiger partial charge in [0.1, 0.15) is 0 Å². The normalized spacial score (nSPS) is 26.8. The first-order chi connectivity index (χ1) is 7.38. The lowest BCUT2D eigenvalue weighted by Gasteiger charge is -2.31. The molecule has 0 aromatic carbocycles. The maximum atomic E-state index is 8.53. The first-order valence-electron chi connectivity index (χ1n) is 6.00. The fraction of sp³-hybridized carbons (Fsp3) is 1.00. The molecule has 1 aliphatic rings. The maximum absolute atomic E-state index is 8.53. The largest absolute Gasteiger partial charge is 0.394 e. The number of nitrogens with one attached hydrogen (secondary N) is 1. The van der Waals surface area contributed by atoms with Crippen LogP contribution in [0.1, 0.15) is 25.7 Å². The second-order valence-corrected chi connectivity index (χ2v) is 4.18. The smallest absolute Gasteiger partial charge is 0.0698 e. The van der Waals surface area contributed by atoms with Crippen LogP contribution in [0.2, 0.25) is 0 Å². The average Bonchev–Trinajstić information content (AvgIpc) is 2.29. The predicted octanol–water partition coefficient (Wildman–Crippen LogP) is 0.102. The Morgan fingerprint density at radius 3 is 2.80 bits per heavy atom. The summed E-state index contributed by atoms with van der Waals surface area (Å²) >= 11 is 0. The highest BCUT2D eigenvalue weighted by Crippen LogP contribution is 2.23. The molecule has 0 bridgehead atoms. The van der Waals surface area contributed by atoms with Crippen molar-refractivity contribution in [1.29, 1.82) is 0 Å². The molecule has 4 nitrogen and oxygen atoms in total. The van der Waals surface area contributed by atoms with Gasteiger partial charge in [0.2, 0.25) is 0 Å². The summed E-state index contributed by atoms with van der Waals surface area (Å²) in [6.45, 7) is 2.87. The van der Waals surface area contributed by atoms with E-state index in [9.17, 15) is 0 Å². The van der Waals surface area contributed by atoms with E-state index in [1.165, 1.54) is 25.7 Å². The molecule has 2 unspecified atom stereocenters. The van der Waals surface area contributed by atoms with E-state index in [4.69, 9.17) is 15.6 Å². The molecule has 4 heteroatoms. The Morgan fingerprint density at radius 2 is 2.07 bits per heavy atom. The van der Waals surface area contributed by atoms with Crippen molar-refractivity contribution in [2.24, 2.45) is 11.7 Å². The molecule has 0 heterocycles. The van der Waals surface area contributed by atoms with Gasteiger partial charge in [-0.2, -0.15) is 0 Å². The van der Waals surface area contributed by atoms with Crippen molar-refractivity contribution in [3.63, 3.8) is 0 Å². The summed E-state index contributed by atoms with van der Waals surface area (Å²) in [4.78, 5) is 0. The number of aliphatic hydroxyl groups excluding tert-OH is 1. The van der Waals surface area contributed by atoms with E-state index >= 15 is 0 Å². The quantitative estimate of drug-likeness (QED) is 0.528. The molecule has 1 fully saturated rings. The Labute approximate surface area is 92.2 Å². The van der Waals surface area contributed by atoms with E-state index in [2.05, 4.69) is 5.32 Å². The van der Waals surface area contributed by atoms with Crippen molar-refractivity contribution in [2.75, 3.05) is 32.9 Å². The van der Waals surface area contributed by atoms with Gasteiger partial charge in [-0.25, -0.2) is 0 Å². The molecule has 1 saturated carbocycles. The minimum absolute atomic E-state index is 0.106. The first-order valence-corrected chi connectivity index (χ1v) is 6.00. The van der Waals surface area contributed by atoms with Gasteiger partial charge in [0.05, 0.1) is 19.8 Å². The molecular weight excluding hydrogens is 192 g/mol. The highest BCUT2D eigenvalue weighted by Gasteiger charge is 2.22. The van der Waals surface area contributed by atoms with Gasteiger partial charge in [-0.1, -0.05) is 12.8 Å². The maximum Gasteiger partial charge on any atom is 0.0698 e. The van der Waals surface area contributed by atoms with Gasteiger partial charge in [0, 0.05) is 12.6 Å². The lowest BCUT2D eigenvalue weighted by Crippen LogP contribution is -2.43. The van der Waals surface area contributed by atoms with Gasteiger partial charge in [0.25, 0.3) is 0 Å². The van der Waals surface area contributed by atoms with Crippen LogP contribution in [-0.4, -0.2) is 44.1 Å². The predicted molar refractivity (Wildman–Crippen MR) is 60.7 cm³/mol. The molecule has 0 aromatic rings. The van der Waals surface area contributed by atoms with Crippen molar-refractivity contribution in [3.05, 3.63) is 0 Å². The van der Waals surface area contributed by atoms with E-state index in [0.717, 1.165) is 13.1 Å². The van der Waals surface area contributed by atoms with Crippen LogP contribution in [0.25, 0.3) is 0 Å². The molecule has 0 saturated heterocycles. The number of aliphatic hydroxyl groups is 1. The molecule has 2 atom stereocenters. The highest BCUT2D eigenvalue weighted by atomic mass is 16.5. The SMILES string of the molecule is NCC1CCCCC1NCCOCCO. The Bertz CT molecular complexity index is 156. The minimum atomic E-state index is 0.106. The summed E-state index contributed by atoms with van der Waals surface area (Å²) in [5.74, 6) is 0.636. The van der Waals surface area contributed by atoms with Gasteiger partial charge in [-0.3, -0.25) is 0 Å². The van der Waals surface area contributed by atoms with Gasteiger partial charge < -0.3 is 20.9 Å². The topological polar surface area (TPSA) is 67.5 Å². The third kappa shape index (κ3) is 4.93. The third-order valence-electron chi connectivity index (χ3n) is 3.10. The van der Waals surface area contributed by atoms with Crippen molar-refractivity contribution in [1.82, 2.24) is 5.32 Å². The zero-order valence-corrected chi connectivity index (χ0v) is 9.45. The molecule has 4 N–H and O–H groups in total. The summed E-state index contributed by atoms with van der Waals surface area (Å²) in [6, 6.07) is 0.571. The first kappa shape index (κ1) is 12.9. The van der Waals surface area contributed by atoms with Crippen molar-refractivity contribution < 1.29 is 9.84 Å². The minimum Gasteiger partial charge on any atom is -0.394 e. The van der Waals surface area contributed by atoms with Crippen LogP contribution in [0, 0.1) is 5.92 Å². The molecule has 0 amide bonds. The summed E-state index contributed by atoms with van der Waals surface area (Å²) in [7, 11) is 0. The van der Waals surface area contributed by atoms with E-state index in [-0.39, 0.29) is 6.61 Å². The van der Waals surface area contributed by atoms with E-state index in [1.807, 2.05) is 0 Å². The van der Waals surface area contributed by atoms with Crippen LogP contribution in [0.3, 0.4) is 0 Å². The Hall–Kier alpha value is -0.160. The molecule has 1 rings (SSSR count). The summed E-state index contributed by atoms with van der Waals surface area (Å²) in [6.07, 6.45) is 5.13.